The van der Waals surface area contributed by atoms with Gasteiger partial charge >= 0.3 is 0 Å². The van der Waals surface area contributed by atoms with Gasteiger partial charge in [0.2, 0.25) is 0 Å². The molecule has 1 aromatic heterocycles. The number of fused-ring (bicyclic) bond motifs is 1. The zero-order chi connectivity index (χ0) is 7.84. The summed E-state index contributed by atoms with van der Waals surface area (Å²) >= 11 is 10.5. The molecule has 0 saturated carbocycles. The van der Waals surface area contributed by atoms with E-state index < -0.39 is 0 Å². The molecule has 56 valence electrons. The highest BCUT2D eigenvalue weighted by molar-refractivity contribution is 9.10. The van der Waals surface area contributed by atoms with Crippen LogP contribution in [-0.2, 0) is 0 Å². The quantitative estimate of drug-likeness (QED) is 0.717. The molecule has 0 saturated heterocycles. The van der Waals surface area contributed by atoms with Gasteiger partial charge in [-0.25, -0.2) is 0 Å². The summed E-state index contributed by atoms with van der Waals surface area (Å²) in [5.74, 6) is 0. The van der Waals surface area contributed by atoms with Gasteiger partial charge in [-0.1, -0.05) is 16.1 Å². The molecule has 0 atom stereocenters. The predicted octanol–water partition coefficient (Wildman–Crippen LogP) is 3.11. The molecule has 0 aliphatic rings. The van der Waals surface area contributed by atoms with Crippen molar-refractivity contribution in [3.63, 3.8) is 0 Å². The van der Waals surface area contributed by atoms with Crippen LogP contribution in [0.25, 0.3) is 10.2 Å². The van der Waals surface area contributed by atoms with Crippen LogP contribution in [0.2, 0.25) is 5.02 Å². The molecule has 0 aliphatic carbocycles. The van der Waals surface area contributed by atoms with E-state index in [9.17, 15) is 0 Å². The Morgan fingerprint density at radius 1 is 1.45 bits per heavy atom. The highest BCUT2D eigenvalue weighted by Crippen LogP contribution is 2.30. The Morgan fingerprint density at radius 2 is 2.27 bits per heavy atom. The molecule has 2 rings (SSSR count). The van der Waals surface area contributed by atoms with E-state index in [0.29, 0.717) is 5.02 Å². The molecule has 0 fully saturated rings. The van der Waals surface area contributed by atoms with Crippen molar-refractivity contribution in [3.05, 3.63) is 21.6 Å². The van der Waals surface area contributed by atoms with E-state index in [1.165, 1.54) is 11.5 Å². The van der Waals surface area contributed by atoms with E-state index in [4.69, 9.17) is 11.6 Å². The van der Waals surface area contributed by atoms with Gasteiger partial charge in [0.15, 0.2) is 0 Å². The van der Waals surface area contributed by atoms with Crippen molar-refractivity contribution in [2.24, 2.45) is 0 Å². The smallest absolute Gasteiger partial charge is 0.121 e. The van der Waals surface area contributed by atoms with Gasteiger partial charge in [0.25, 0.3) is 0 Å². The maximum absolute atomic E-state index is 5.88. The maximum atomic E-state index is 5.88. The lowest BCUT2D eigenvalue weighted by Crippen LogP contribution is -1.71. The number of halogens is 2. The lowest BCUT2D eigenvalue weighted by molar-refractivity contribution is 1.19. The largest absolute Gasteiger partial charge is 0.137 e. The number of aromatic nitrogens is 2. The highest BCUT2D eigenvalue weighted by Gasteiger charge is 2.05. The van der Waals surface area contributed by atoms with Crippen LogP contribution in [0.4, 0.5) is 0 Å². The van der Waals surface area contributed by atoms with Crippen molar-refractivity contribution < 1.29 is 0 Å². The second-order valence-corrected chi connectivity index (χ2v) is 4.00. The first kappa shape index (κ1) is 7.46. The molecule has 0 radical (unpaired) electrons. The van der Waals surface area contributed by atoms with Gasteiger partial charge in [0.05, 0.1) is 9.72 Å². The molecule has 2 aromatic rings. The second-order valence-electron chi connectivity index (χ2n) is 1.98. The molecule has 11 heavy (non-hydrogen) atoms. The fraction of sp³-hybridized carbons (Fsp3) is 0. The van der Waals surface area contributed by atoms with Crippen LogP contribution in [0.5, 0.6) is 0 Å². The Bertz CT molecular complexity index is 364. The summed E-state index contributed by atoms with van der Waals surface area (Å²) in [4.78, 5) is 0. The van der Waals surface area contributed by atoms with Gasteiger partial charge in [0, 0.05) is 4.47 Å². The topological polar surface area (TPSA) is 25.8 Å². The van der Waals surface area contributed by atoms with Crippen LogP contribution in [-0.4, -0.2) is 9.59 Å². The van der Waals surface area contributed by atoms with Gasteiger partial charge in [-0.2, -0.15) is 0 Å². The average Bonchev–Trinajstić information content (AvgIpc) is 2.45. The van der Waals surface area contributed by atoms with Crippen LogP contribution in [0, 0.1) is 0 Å². The van der Waals surface area contributed by atoms with Crippen molar-refractivity contribution in [2.45, 2.75) is 0 Å². The number of benzene rings is 1. The molecule has 0 amide bonds. The molecule has 5 heteroatoms. The lowest BCUT2D eigenvalue weighted by Gasteiger charge is -1.91. The van der Waals surface area contributed by atoms with Crippen molar-refractivity contribution in [1.29, 1.82) is 0 Å². The Morgan fingerprint density at radius 3 is 3.00 bits per heavy atom. The van der Waals surface area contributed by atoms with E-state index in [-0.39, 0.29) is 0 Å². The Labute approximate surface area is 80.5 Å². The molecule has 0 bridgehead atoms. The Balaban J connectivity index is 2.96. The fourth-order valence-electron chi connectivity index (χ4n) is 0.805. The predicted molar refractivity (Wildman–Crippen MR) is 50.1 cm³/mol. The van der Waals surface area contributed by atoms with Gasteiger partial charge in [-0.05, 0) is 39.6 Å². The first-order chi connectivity index (χ1) is 5.29. The van der Waals surface area contributed by atoms with E-state index in [2.05, 4.69) is 25.5 Å². The van der Waals surface area contributed by atoms with Crippen LogP contribution in [0.15, 0.2) is 16.6 Å². The normalized spacial score (nSPS) is 10.7. The van der Waals surface area contributed by atoms with Gasteiger partial charge in [-0.15, -0.1) is 5.10 Å². The monoisotopic (exact) mass is 248 g/mol. The average molecular weight is 250 g/mol. The minimum Gasteiger partial charge on any atom is -0.137 e. The molecular weight excluding hydrogens is 248 g/mol. The van der Waals surface area contributed by atoms with Crippen molar-refractivity contribution >= 4 is 49.3 Å². The number of hydrogen-bond donors (Lipinski definition) is 0. The highest BCUT2D eigenvalue weighted by atomic mass is 79.9. The van der Waals surface area contributed by atoms with Crippen LogP contribution < -0.4 is 0 Å². The number of hydrogen-bond acceptors (Lipinski definition) is 3. The standard InChI is InChI=1S/C6H2BrClN2S/c7-3-1-2-4(8)6-5(3)9-10-11-6/h1-2H. The van der Waals surface area contributed by atoms with E-state index >= 15 is 0 Å². The van der Waals surface area contributed by atoms with E-state index in [1.54, 1.807) is 0 Å². The summed E-state index contributed by atoms with van der Waals surface area (Å²) in [6, 6.07) is 3.69. The second kappa shape index (κ2) is 2.69. The molecule has 0 spiro atoms. The van der Waals surface area contributed by atoms with Crippen molar-refractivity contribution in [3.8, 4) is 0 Å². The zero-order valence-electron chi connectivity index (χ0n) is 5.21. The zero-order valence-corrected chi connectivity index (χ0v) is 8.37. The summed E-state index contributed by atoms with van der Waals surface area (Å²) in [6.45, 7) is 0. The molecule has 0 N–H and O–H groups in total. The van der Waals surface area contributed by atoms with Crippen LogP contribution >= 0.6 is 39.1 Å². The van der Waals surface area contributed by atoms with Gasteiger partial charge in [-0.3, -0.25) is 0 Å². The Hall–Kier alpha value is -0.190. The minimum atomic E-state index is 0.707. The SMILES string of the molecule is Clc1ccc(Br)c2nnsc12. The van der Waals surface area contributed by atoms with Gasteiger partial charge in [0.1, 0.15) is 5.52 Å². The number of nitrogens with zero attached hydrogens (tertiary/aromatic N) is 2. The lowest BCUT2D eigenvalue weighted by atomic mass is 10.3. The molecule has 1 heterocycles. The van der Waals surface area contributed by atoms with Crippen molar-refractivity contribution in [1.82, 2.24) is 9.59 Å². The third-order valence-electron chi connectivity index (χ3n) is 1.31. The summed E-state index contributed by atoms with van der Waals surface area (Å²) in [5, 5.41) is 4.62. The first-order valence-electron chi connectivity index (χ1n) is 2.85. The summed E-state index contributed by atoms with van der Waals surface area (Å²) in [5.41, 5.74) is 0.836. The molecule has 0 unspecified atom stereocenters. The third kappa shape index (κ3) is 1.15. The molecule has 1 aromatic carbocycles. The summed E-state index contributed by atoms with van der Waals surface area (Å²) in [7, 11) is 0. The number of rotatable bonds is 0. The first-order valence-corrected chi connectivity index (χ1v) is 4.79. The van der Waals surface area contributed by atoms with Crippen LogP contribution in [0.3, 0.4) is 0 Å². The van der Waals surface area contributed by atoms with Gasteiger partial charge < -0.3 is 0 Å². The van der Waals surface area contributed by atoms with E-state index in [0.717, 1.165) is 14.7 Å². The minimum absolute atomic E-state index is 0.707. The Kier molecular flexibility index (Phi) is 1.83. The fourth-order valence-corrected chi connectivity index (χ4v) is 2.20. The molecule has 0 aliphatic heterocycles. The molecule has 2 nitrogen and oxygen atoms in total. The summed E-state index contributed by atoms with van der Waals surface area (Å²) < 4.78 is 5.67. The third-order valence-corrected chi connectivity index (χ3v) is 3.13. The van der Waals surface area contributed by atoms with Crippen molar-refractivity contribution in [2.75, 3.05) is 0 Å². The van der Waals surface area contributed by atoms with Crippen LogP contribution in [0.1, 0.15) is 0 Å². The van der Waals surface area contributed by atoms with E-state index in [1.807, 2.05) is 12.1 Å². The maximum Gasteiger partial charge on any atom is 0.121 e. The molecular formula is C6H2BrClN2S. The summed E-state index contributed by atoms with van der Waals surface area (Å²) in [6.07, 6.45) is 0.